The van der Waals surface area contributed by atoms with Crippen LogP contribution in [0, 0.1) is 11.3 Å². The minimum atomic E-state index is -0.137. The van der Waals surface area contributed by atoms with Crippen LogP contribution in [0.2, 0.25) is 0 Å². The summed E-state index contributed by atoms with van der Waals surface area (Å²) in [4.78, 5) is 12.7. The summed E-state index contributed by atoms with van der Waals surface area (Å²) in [5, 5.41) is 3.97. The molecule has 1 fully saturated rings. The van der Waals surface area contributed by atoms with E-state index in [4.69, 9.17) is 0 Å². The van der Waals surface area contributed by atoms with Crippen LogP contribution in [0.4, 0.5) is 5.69 Å². The van der Waals surface area contributed by atoms with Crippen LogP contribution in [0.15, 0.2) is 24.3 Å². The van der Waals surface area contributed by atoms with Crippen molar-refractivity contribution in [2.24, 2.45) is 11.3 Å². The molecule has 1 amide bonds. The van der Waals surface area contributed by atoms with Crippen molar-refractivity contribution < 1.29 is 4.79 Å². The molecule has 0 saturated heterocycles. The van der Waals surface area contributed by atoms with Crippen molar-refractivity contribution in [2.75, 3.05) is 5.32 Å². The van der Waals surface area contributed by atoms with Gasteiger partial charge in [0.25, 0.3) is 0 Å². The van der Waals surface area contributed by atoms with Crippen LogP contribution in [-0.4, -0.2) is 5.91 Å². The van der Waals surface area contributed by atoms with E-state index in [-0.39, 0.29) is 11.3 Å². The fourth-order valence-electron chi connectivity index (χ4n) is 3.30. The van der Waals surface area contributed by atoms with Crippen LogP contribution in [0.1, 0.15) is 51.5 Å². The number of carbonyl (C=O) groups excluding carboxylic acids is 1. The third-order valence-electron chi connectivity index (χ3n) is 4.21. The van der Waals surface area contributed by atoms with Gasteiger partial charge in [-0.1, -0.05) is 54.8 Å². The highest BCUT2D eigenvalue weighted by Crippen LogP contribution is 2.44. The van der Waals surface area contributed by atoms with Crippen molar-refractivity contribution in [1.29, 1.82) is 0 Å². The van der Waals surface area contributed by atoms with Crippen LogP contribution in [0.25, 0.3) is 0 Å². The monoisotopic (exact) mass is 337 g/mol. The Morgan fingerprint density at radius 2 is 1.85 bits per heavy atom. The quantitative estimate of drug-likeness (QED) is 0.741. The number of hydrogen-bond donors (Lipinski definition) is 1. The van der Waals surface area contributed by atoms with Crippen LogP contribution in [0.3, 0.4) is 0 Å². The second-order valence-corrected chi connectivity index (χ2v) is 6.93. The Hall–Kier alpha value is -0.830. The molecule has 1 aromatic carbocycles. The molecule has 0 spiro atoms. The lowest BCUT2D eigenvalue weighted by molar-refractivity contribution is -0.126. The van der Waals surface area contributed by atoms with Gasteiger partial charge in [-0.05, 0) is 42.9 Å². The van der Waals surface area contributed by atoms with Gasteiger partial charge >= 0.3 is 0 Å². The molecule has 0 unspecified atom stereocenters. The van der Waals surface area contributed by atoms with Crippen molar-refractivity contribution in [3.8, 4) is 0 Å². The van der Waals surface area contributed by atoms with E-state index < -0.39 is 0 Å². The summed E-state index contributed by atoms with van der Waals surface area (Å²) in [6, 6.07) is 8.08. The zero-order chi connectivity index (χ0) is 14.6. The molecule has 2 rings (SSSR count). The van der Waals surface area contributed by atoms with E-state index in [0.717, 1.165) is 30.3 Å². The molecule has 1 aromatic rings. The average molecular weight is 338 g/mol. The number of halogens is 1. The molecule has 110 valence electrons. The molecule has 0 bridgehead atoms. The molecule has 1 aliphatic rings. The summed E-state index contributed by atoms with van der Waals surface area (Å²) >= 11 is 3.44. The molecule has 20 heavy (non-hydrogen) atoms. The van der Waals surface area contributed by atoms with Crippen molar-refractivity contribution in [3.05, 3.63) is 29.8 Å². The van der Waals surface area contributed by atoms with E-state index in [9.17, 15) is 4.79 Å². The van der Waals surface area contributed by atoms with Crippen LogP contribution in [0.5, 0.6) is 0 Å². The van der Waals surface area contributed by atoms with Crippen LogP contribution in [-0.2, 0) is 10.1 Å². The molecule has 1 aliphatic carbocycles. The molecule has 2 nitrogen and oxygen atoms in total. The standard InChI is InChI=1S/C17H24BrNO/c1-13(2)11-17(9-3-4-10-17)16(20)19-15-7-5-14(12-18)6-8-15/h5-8,13H,3-4,9-12H2,1-2H3,(H,19,20). The Morgan fingerprint density at radius 1 is 1.25 bits per heavy atom. The number of nitrogens with one attached hydrogen (secondary N) is 1. The van der Waals surface area contributed by atoms with Gasteiger partial charge in [0.15, 0.2) is 0 Å². The SMILES string of the molecule is CC(C)CC1(C(=O)Nc2ccc(CBr)cc2)CCCC1. The first-order valence-corrected chi connectivity index (χ1v) is 8.64. The maximum Gasteiger partial charge on any atom is 0.230 e. The smallest absolute Gasteiger partial charge is 0.230 e. The van der Waals surface area contributed by atoms with Gasteiger partial charge in [0.05, 0.1) is 0 Å². The summed E-state index contributed by atoms with van der Waals surface area (Å²) in [5.74, 6) is 0.782. The van der Waals surface area contributed by atoms with Gasteiger partial charge in [0.2, 0.25) is 5.91 Å². The molecule has 1 saturated carbocycles. The van der Waals surface area contributed by atoms with Crippen LogP contribution >= 0.6 is 15.9 Å². The molecule has 0 heterocycles. The van der Waals surface area contributed by atoms with Gasteiger partial charge < -0.3 is 5.32 Å². The van der Waals surface area contributed by atoms with Crippen molar-refractivity contribution in [3.63, 3.8) is 0 Å². The van der Waals surface area contributed by atoms with E-state index in [1.807, 2.05) is 24.3 Å². The summed E-state index contributed by atoms with van der Waals surface area (Å²) in [7, 11) is 0. The average Bonchev–Trinajstić information content (AvgIpc) is 2.88. The van der Waals surface area contributed by atoms with E-state index in [1.165, 1.54) is 18.4 Å². The molecule has 1 N–H and O–H groups in total. The zero-order valence-corrected chi connectivity index (χ0v) is 14.0. The van der Waals surface area contributed by atoms with Crippen molar-refractivity contribution >= 4 is 27.5 Å². The zero-order valence-electron chi connectivity index (χ0n) is 12.4. The highest BCUT2D eigenvalue weighted by Gasteiger charge is 2.41. The fraction of sp³-hybridized carbons (Fsp3) is 0.588. The minimum Gasteiger partial charge on any atom is -0.326 e. The number of hydrogen-bond acceptors (Lipinski definition) is 1. The van der Waals surface area contributed by atoms with Gasteiger partial charge in [-0.15, -0.1) is 0 Å². The lowest BCUT2D eigenvalue weighted by atomic mass is 9.77. The Kier molecular flexibility index (Phi) is 5.25. The molecule has 3 heteroatoms. The Bertz CT molecular complexity index is 447. The second-order valence-electron chi connectivity index (χ2n) is 6.37. The number of carbonyl (C=O) groups is 1. The number of benzene rings is 1. The summed E-state index contributed by atoms with van der Waals surface area (Å²) < 4.78 is 0. The maximum absolute atomic E-state index is 12.7. The predicted octanol–water partition coefficient (Wildman–Crippen LogP) is 5.13. The molecular formula is C17H24BrNO. The van der Waals surface area contributed by atoms with E-state index >= 15 is 0 Å². The largest absolute Gasteiger partial charge is 0.326 e. The van der Waals surface area contributed by atoms with Gasteiger partial charge in [-0.3, -0.25) is 4.79 Å². The summed E-state index contributed by atoms with van der Waals surface area (Å²) in [6.07, 6.45) is 5.44. The molecular weight excluding hydrogens is 314 g/mol. The van der Waals surface area contributed by atoms with E-state index in [1.54, 1.807) is 0 Å². The minimum absolute atomic E-state index is 0.137. The number of alkyl halides is 1. The first-order chi connectivity index (χ1) is 9.55. The Morgan fingerprint density at radius 3 is 2.35 bits per heavy atom. The molecule has 0 atom stereocenters. The maximum atomic E-state index is 12.7. The number of amides is 1. The lowest BCUT2D eigenvalue weighted by Crippen LogP contribution is -2.35. The summed E-state index contributed by atoms with van der Waals surface area (Å²) in [6.45, 7) is 4.41. The molecule has 0 aliphatic heterocycles. The highest BCUT2D eigenvalue weighted by atomic mass is 79.9. The number of rotatable bonds is 5. The lowest BCUT2D eigenvalue weighted by Gasteiger charge is -2.29. The first-order valence-electron chi connectivity index (χ1n) is 7.52. The van der Waals surface area contributed by atoms with Gasteiger partial charge in [0.1, 0.15) is 0 Å². The van der Waals surface area contributed by atoms with Crippen molar-refractivity contribution in [2.45, 2.75) is 51.3 Å². The topological polar surface area (TPSA) is 29.1 Å². The third kappa shape index (κ3) is 3.63. The van der Waals surface area contributed by atoms with Gasteiger partial charge in [-0.25, -0.2) is 0 Å². The molecule has 0 aromatic heterocycles. The summed E-state index contributed by atoms with van der Waals surface area (Å²) in [5.41, 5.74) is 2.00. The van der Waals surface area contributed by atoms with Gasteiger partial charge in [0, 0.05) is 16.4 Å². The fourth-order valence-corrected chi connectivity index (χ4v) is 3.67. The normalized spacial score (nSPS) is 17.4. The Balaban J connectivity index is 2.08. The highest BCUT2D eigenvalue weighted by molar-refractivity contribution is 9.08. The Labute approximate surface area is 130 Å². The molecule has 0 radical (unpaired) electrons. The van der Waals surface area contributed by atoms with Crippen LogP contribution < -0.4 is 5.32 Å². The predicted molar refractivity (Wildman–Crippen MR) is 88.1 cm³/mol. The third-order valence-corrected chi connectivity index (χ3v) is 4.85. The number of anilines is 1. The van der Waals surface area contributed by atoms with Crippen molar-refractivity contribution in [1.82, 2.24) is 0 Å². The van der Waals surface area contributed by atoms with E-state index in [0.29, 0.717) is 5.92 Å². The van der Waals surface area contributed by atoms with Gasteiger partial charge in [-0.2, -0.15) is 0 Å². The second kappa shape index (κ2) is 6.75. The van der Waals surface area contributed by atoms with E-state index in [2.05, 4.69) is 35.1 Å². The first kappa shape index (κ1) is 15.6.